The van der Waals surface area contributed by atoms with Gasteiger partial charge in [0.15, 0.2) is 0 Å². The maximum absolute atomic E-state index is 12.3. The van der Waals surface area contributed by atoms with Crippen molar-refractivity contribution in [3.8, 4) is 11.6 Å². The molecule has 0 amide bonds. The second kappa shape index (κ2) is 8.14. The van der Waals surface area contributed by atoms with Crippen molar-refractivity contribution in [2.75, 3.05) is 25.5 Å². The molecule has 0 saturated heterocycles. The van der Waals surface area contributed by atoms with Gasteiger partial charge in [-0.25, -0.2) is 28.1 Å². The van der Waals surface area contributed by atoms with Crippen molar-refractivity contribution in [1.29, 1.82) is 0 Å². The smallest absolute Gasteiger partial charge is 0.240 e. The summed E-state index contributed by atoms with van der Waals surface area (Å²) in [6.45, 7) is 2.45. The van der Waals surface area contributed by atoms with E-state index in [4.69, 9.17) is 4.74 Å². The van der Waals surface area contributed by atoms with Crippen LogP contribution < -0.4 is 14.8 Å². The van der Waals surface area contributed by atoms with Gasteiger partial charge in [-0.05, 0) is 31.2 Å². The van der Waals surface area contributed by atoms with Gasteiger partial charge in [0.05, 0.1) is 12.0 Å². The van der Waals surface area contributed by atoms with E-state index in [2.05, 4.69) is 25.0 Å². The molecule has 0 radical (unpaired) electrons. The lowest BCUT2D eigenvalue weighted by molar-refractivity contribution is 0.414. The Morgan fingerprint density at radius 2 is 1.89 bits per heavy atom. The average molecular weight is 388 g/mol. The fourth-order valence-corrected chi connectivity index (χ4v) is 3.44. The van der Waals surface area contributed by atoms with Crippen molar-refractivity contribution in [1.82, 2.24) is 24.2 Å². The summed E-state index contributed by atoms with van der Waals surface area (Å²) in [5.41, 5.74) is 0. The molecule has 0 bridgehead atoms. The van der Waals surface area contributed by atoms with Gasteiger partial charge in [0.25, 0.3) is 0 Å². The molecule has 142 valence electrons. The predicted octanol–water partition coefficient (Wildman–Crippen LogP) is 1.37. The molecule has 3 rings (SSSR count). The van der Waals surface area contributed by atoms with Gasteiger partial charge in [-0.15, -0.1) is 0 Å². The second-order valence-corrected chi connectivity index (χ2v) is 7.37. The van der Waals surface area contributed by atoms with Crippen LogP contribution in [0.4, 0.5) is 5.82 Å². The first-order valence-corrected chi connectivity index (χ1v) is 9.68. The highest BCUT2D eigenvalue weighted by atomic mass is 32.2. The standard InChI is InChI=1S/C17H20N6O3S/c1-13-18-9-10-23(13)17-11-16(20-12-21-17)19-7-8-22-27(24,25)15-5-3-14(26-2)4-6-15/h3-6,9-12,22H,7-8H2,1-2H3,(H,19,20,21). The van der Waals surface area contributed by atoms with E-state index in [9.17, 15) is 8.42 Å². The quantitative estimate of drug-likeness (QED) is 0.561. The van der Waals surface area contributed by atoms with Crippen molar-refractivity contribution in [3.05, 3.63) is 54.9 Å². The van der Waals surface area contributed by atoms with E-state index in [1.165, 1.54) is 25.6 Å². The number of sulfonamides is 1. The monoisotopic (exact) mass is 388 g/mol. The molecule has 0 fully saturated rings. The van der Waals surface area contributed by atoms with Gasteiger partial charge in [0.1, 0.15) is 29.5 Å². The summed E-state index contributed by atoms with van der Waals surface area (Å²) in [7, 11) is -2.05. The molecule has 0 unspecified atom stereocenters. The molecule has 2 aromatic heterocycles. The lowest BCUT2D eigenvalue weighted by Crippen LogP contribution is -2.29. The molecular weight excluding hydrogens is 368 g/mol. The average Bonchev–Trinajstić information content (AvgIpc) is 3.11. The first kappa shape index (κ1) is 18.8. The number of nitrogens with one attached hydrogen (secondary N) is 2. The van der Waals surface area contributed by atoms with Gasteiger partial charge < -0.3 is 10.1 Å². The SMILES string of the molecule is COc1ccc(S(=O)(=O)NCCNc2cc(-n3ccnc3C)ncn2)cc1. The molecule has 3 aromatic rings. The summed E-state index contributed by atoms with van der Waals surface area (Å²) in [5, 5.41) is 3.08. The van der Waals surface area contributed by atoms with Crippen molar-refractivity contribution >= 4 is 15.8 Å². The predicted molar refractivity (Wildman–Crippen MR) is 101 cm³/mol. The zero-order chi connectivity index (χ0) is 19.3. The Balaban J connectivity index is 1.56. The first-order chi connectivity index (χ1) is 13.0. The topological polar surface area (TPSA) is 111 Å². The third kappa shape index (κ3) is 4.60. The van der Waals surface area contributed by atoms with Crippen LogP contribution in [0.15, 0.2) is 53.9 Å². The molecule has 10 heteroatoms. The van der Waals surface area contributed by atoms with Crippen LogP contribution in [0.25, 0.3) is 5.82 Å². The van der Waals surface area contributed by atoms with Crippen LogP contribution in [-0.2, 0) is 10.0 Å². The molecule has 0 aliphatic carbocycles. The maximum Gasteiger partial charge on any atom is 0.240 e. The third-order valence-corrected chi connectivity index (χ3v) is 5.30. The largest absolute Gasteiger partial charge is 0.497 e. The van der Waals surface area contributed by atoms with E-state index in [0.717, 1.165) is 5.82 Å². The summed E-state index contributed by atoms with van der Waals surface area (Å²) < 4.78 is 34.0. The van der Waals surface area contributed by atoms with E-state index in [-0.39, 0.29) is 11.4 Å². The van der Waals surface area contributed by atoms with Gasteiger partial charge in [-0.2, -0.15) is 0 Å². The summed E-state index contributed by atoms with van der Waals surface area (Å²) in [6.07, 6.45) is 4.95. The number of nitrogens with zero attached hydrogens (tertiary/aromatic N) is 4. The number of imidazole rings is 1. The fourth-order valence-electron chi connectivity index (χ4n) is 2.41. The number of ether oxygens (including phenoxy) is 1. The van der Waals surface area contributed by atoms with Crippen LogP contribution in [-0.4, -0.2) is 48.1 Å². The normalized spacial score (nSPS) is 11.3. The van der Waals surface area contributed by atoms with Gasteiger partial charge in [-0.3, -0.25) is 4.57 Å². The molecule has 2 N–H and O–H groups in total. The van der Waals surface area contributed by atoms with Crippen LogP contribution in [0.3, 0.4) is 0 Å². The van der Waals surface area contributed by atoms with Crippen molar-refractivity contribution in [2.45, 2.75) is 11.8 Å². The van der Waals surface area contributed by atoms with E-state index < -0.39 is 10.0 Å². The van der Waals surface area contributed by atoms with Crippen molar-refractivity contribution in [2.24, 2.45) is 0 Å². The number of methoxy groups -OCH3 is 1. The summed E-state index contributed by atoms with van der Waals surface area (Å²) >= 11 is 0. The van der Waals surface area contributed by atoms with E-state index in [0.29, 0.717) is 23.9 Å². The molecule has 1 aromatic carbocycles. The number of benzene rings is 1. The highest BCUT2D eigenvalue weighted by Gasteiger charge is 2.13. The number of rotatable bonds is 8. The molecular formula is C17H20N6O3S. The molecule has 0 aliphatic heterocycles. The minimum atomic E-state index is -3.58. The van der Waals surface area contributed by atoms with E-state index >= 15 is 0 Å². The Hall–Kier alpha value is -2.98. The number of aromatic nitrogens is 4. The second-order valence-electron chi connectivity index (χ2n) is 5.61. The summed E-state index contributed by atoms with van der Waals surface area (Å²) in [4.78, 5) is 12.7. The number of hydrogen-bond acceptors (Lipinski definition) is 7. The molecule has 0 spiro atoms. The van der Waals surface area contributed by atoms with Crippen LogP contribution in [0.2, 0.25) is 0 Å². The van der Waals surface area contributed by atoms with Gasteiger partial charge in [0.2, 0.25) is 10.0 Å². The first-order valence-electron chi connectivity index (χ1n) is 8.19. The highest BCUT2D eigenvalue weighted by molar-refractivity contribution is 7.89. The minimum Gasteiger partial charge on any atom is -0.497 e. The lowest BCUT2D eigenvalue weighted by Gasteiger charge is -2.10. The zero-order valence-electron chi connectivity index (χ0n) is 15.0. The molecule has 2 heterocycles. The van der Waals surface area contributed by atoms with Crippen LogP contribution in [0.1, 0.15) is 5.82 Å². The Bertz CT molecular complexity index is 1000. The Labute approximate surface area is 157 Å². The maximum atomic E-state index is 12.3. The molecule has 27 heavy (non-hydrogen) atoms. The minimum absolute atomic E-state index is 0.184. The molecule has 9 nitrogen and oxygen atoms in total. The van der Waals surface area contributed by atoms with Gasteiger partial charge >= 0.3 is 0 Å². The van der Waals surface area contributed by atoms with E-state index in [1.54, 1.807) is 24.4 Å². The van der Waals surface area contributed by atoms with Crippen LogP contribution in [0, 0.1) is 6.92 Å². The van der Waals surface area contributed by atoms with Gasteiger partial charge in [0, 0.05) is 31.5 Å². The van der Waals surface area contributed by atoms with Crippen molar-refractivity contribution in [3.63, 3.8) is 0 Å². The summed E-state index contributed by atoms with van der Waals surface area (Å²) in [5.74, 6) is 2.69. The summed E-state index contributed by atoms with van der Waals surface area (Å²) in [6, 6.07) is 7.98. The highest BCUT2D eigenvalue weighted by Crippen LogP contribution is 2.15. The van der Waals surface area contributed by atoms with Crippen LogP contribution >= 0.6 is 0 Å². The zero-order valence-corrected chi connectivity index (χ0v) is 15.8. The number of hydrogen-bond donors (Lipinski definition) is 2. The number of anilines is 1. The fraction of sp³-hybridized carbons (Fsp3) is 0.235. The third-order valence-electron chi connectivity index (χ3n) is 3.82. The molecule has 0 atom stereocenters. The number of aryl methyl sites for hydroxylation is 1. The Kier molecular flexibility index (Phi) is 5.67. The Morgan fingerprint density at radius 3 is 2.56 bits per heavy atom. The van der Waals surface area contributed by atoms with Crippen molar-refractivity contribution < 1.29 is 13.2 Å². The van der Waals surface area contributed by atoms with Gasteiger partial charge in [-0.1, -0.05) is 0 Å². The van der Waals surface area contributed by atoms with Crippen LogP contribution in [0.5, 0.6) is 5.75 Å². The lowest BCUT2D eigenvalue weighted by atomic mass is 10.3. The Morgan fingerprint density at radius 1 is 1.11 bits per heavy atom. The molecule has 0 aliphatic rings. The van der Waals surface area contributed by atoms with E-state index in [1.807, 2.05) is 17.7 Å². The molecule has 0 saturated carbocycles.